The molecule has 0 aromatic heterocycles. The topological polar surface area (TPSA) is 116 Å². The summed E-state index contributed by atoms with van der Waals surface area (Å²) in [5.74, 6) is -2.21. The number of hydrogen-bond donors (Lipinski definition) is 5. The van der Waals surface area contributed by atoms with Gasteiger partial charge in [-0.15, -0.1) is 0 Å². The van der Waals surface area contributed by atoms with Gasteiger partial charge in [0.2, 0.25) is 11.8 Å². The molecule has 0 aliphatic carbocycles. The Morgan fingerprint density at radius 3 is 2.48 bits per heavy atom. The fourth-order valence-corrected chi connectivity index (χ4v) is 1.88. The normalized spacial score (nSPS) is 11.5. The van der Waals surface area contributed by atoms with Crippen LogP contribution in [0.5, 0.6) is 5.75 Å². The van der Waals surface area contributed by atoms with Crippen LogP contribution >= 0.6 is 12.6 Å². The average molecular weight is 312 g/mol. The van der Waals surface area contributed by atoms with Gasteiger partial charge in [-0.3, -0.25) is 9.59 Å². The number of carbonyl (C=O) groups is 3. The van der Waals surface area contributed by atoms with Crippen LogP contribution in [0, 0.1) is 0 Å². The number of carboxylic acids is 1. The van der Waals surface area contributed by atoms with Crippen LogP contribution in [0.1, 0.15) is 22.8 Å². The number of aromatic carboxylic acids is 1. The number of rotatable bonds is 6. The molecule has 0 heterocycles. The highest BCUT2D eigenvalue weighted by Crippen LogP contribution is 2.18. The molecule has 21 heavy (non-hydrogen) atoms. The fraction of sp³-hybridized carbons (Fsp3) is 0.308. The number of benzene rings is 1. The first-order valence-corrected chi connectivity index (χ1v) is 6.69. The molecule has 1 atom stereocenters. The summed E-state index contributed by atoms with van der Waals surface area (Å²) < 4.78 is 0. The molecule has 0 fully saturated rings. The van der Waals surface area contributed by atoms with Crippen molar-refractivity contribution in [2.24, 2.45) is 0 Å². The van der Waals surface area contributed by atoms with Gasteiger partial charge >= 0.3 is 5.97 Å². The van der Waals surface area contributed by atoms with Crippen LogP contribution < -0.4 is 10.6 Å². The number of carbonyl (C=O) groups excluding carboxylic acids is 2. The van der Waals surface area contributed by atoms with Gasteiger partial charge in [-0.05, 0) is 17.7 Å². The molecule has 0 saturated carbocycles. The Labute approximate surface area is 126 Å². The summed E-state index contributed by atoms with van der Waals surface area (Å²) in [6, 6.07) is 3.25. The molecular formula is C13H16N2O5S. The van der Waals surface area contributed by atoms with Crippen molar-refractivity contribution in [1.29, 1.82) is 0 Å². The van der Waals surface area contributed by atoms with E-state index in [1.54, 1.807) is 0 Å². The summed E-state index contributed by atoms with van der Waals surface area (Å²) in [7, 11) is 0. The maximum absolute atomic E-state index is 11.8. The maximum atomic E-state index is 11.8. The Morgan fingerprint density at radius 2 is 2.00 bits per heavy atom. The van der Waals surface area contributed by atoms with E-state index in [-0.39, 0.29) is 29.5 Å². The van der Waals surface area contributed by atoms with Crippen molar-refractivity contribution in [2.45, 2.75) is 19.5 Å². The second-order valence-electron chi connectivity index (χ2n) is 4.31. The molecule has 1 aromatic carbocycles. The lowest BCUT2D eigenvalue weighted by Crippen LogP contribution is -2.47. The zero-order valence-corrected chi connectivity index (χ0v) is 12.2. The Morgan fingerprint density at radius 1 is 1.33 bits per heavy atom. The molecule has 1 rings (SSSR count). The minimum Gasteiger partial charge on any atom is -0.507 e. The molecule has 8 heteroatoms. The van der Waals surface area contributed by atoms with Crippen molar-refractivity contribution >= 4 is 30.4 Å². The first-order valence-electron chi connectivity index (χ1n) is 6.06. The molecule has 0 bridgehead atoms. The van der Waals surface area contributed by atoms with E-state index in [1.807, 2.05) is 0 Å². The Bertz CT molecular complexity index is 561. The van der Waals surface area contributed by atoms with E-state index < -0.39 is 17.9 Å². The number of thiol groups is 1. The van der Waals surface area contributed by atoms with Gasteiger partial charge in [0.15, 0.2) is 0 Å². The summed E-state index contributed by atoms with van der Waals surface area (Å²) in [5, 5.41) is 23.3. The third-order valence-corrected chi connectivity index (χ3v) is 3.00. The van der Waals surface area contributed by atoms with Crippen molar-refractivity contribution in [3.05, 3.63) is 29.3 Å². The number of carboxylic acid groups (broad SMARTS) is 1. The molecule has 1 aromatic rings. The molecule has 0 radical (unpaired) electrons. The number of nitrogens with one attached hydrogen (secondary N) is 2. The van der Waals surface area contributed by atoms with Crippen molar-refractivity contribution in [3.8, 4) is 5.75 Å². The van der Waals surface area contributed by atoms with E-state index >= 15 is 0 Å². The van der Waals surface area contributed by atoms with Crippen molar-refractivity contribution in [1.82, 2.24) is 10.6 Å². The second kappa shape index (κ2) is 7.53. The van der Waals surface area contributed by atoms with Gasteiger partial charge in [-0.2, -0.15) is 12.6 Å². The second-order valence-corrected chi connectivity index (χ2v) is 4.68. The van der Waals surface area contributed by atoms with Crippen LogP contribution in [-0.2, 0) is 16.1 Å². The highest BCUT2D eigenvalue weighted by atomic mass is 32.1. The van der Waals surface area contributed by atoms with Crippen LogP contribution in [0.15, 0.2) is 18.2 Å². The minimum absolute atomic E-state index is 0.0934. The van der Waals surface area contributed by atoms with Gasteiger partial charge in [-0.25, -0.2) is 4.79 Å². The monoisotopic (exact) mass is 312 g/mol. The summed E-state index contributed by atoms with van der Waals surface area (Å²) >= 11 is 3.98. The third-order valence-electron chi connectivity index (χ3n) is 2.64. The molecule has 0 saturated heterocycles. The van der Waals surface area contributed by atoms with Gasteiger partial charge in [0, 0.05) is 19.2 Å². The van der Waals surface area contributed by atoms with Gasteiger partial charge < -0.3 is 20.8 Å². The number of hydrogen-bond acceptors (Lipinski definition) is 5. The lowest BCUT2D eigenvalue weighted by Gasteiger charge is -2.15. The SMILES string of the molecule is CC(=O)NC(CS)C(=O)NCc1ccc(C(=O)O)c(O)c1. The number of aromatic hydroxyl groups is 1. The zero-order chi connectivity index (χ0) is 16.0. The van der Waals surface area contributed by atoms with E-state index in [2.05, 4.69) is 23.3 Å². The molecule has 114 valence electrons. The van der Waals surface area contributed by atoms with E-state index in [0.717, 1.165) is 0 Å². The van der Waals surface area contributed by atoms with Crippen LogP contribution in [0.2, 0.25) is 0 Å². The average Bonchev–Trinajstić information content (AvgIpc) is 2.41. The van der Waals surface area contributed by atoms with E-state index in [1.165, 1.54) is 25.1 Å². The molecule has 4 N–H and O–H groups in total. The van der Waals surface area contributed by atoms with Crippen LogP contribution in [0.25, 0.3) is 0 Å². The first kappa shape index (κ1) is 16.8. The number of phenols is 1. The van der Waals surface area contributed by atoms with E-state index in [4.69, 9.17) is 5.11 Å². The predicted octanol–water partition coefficient (Wildman–Crippen LogP) is 0.141. The molecular weight excluding hydrogens is 296 g/mol. The van der Waals surface area contributed by atoms with Gasteiger partial charge in [0.25, 0.3) is 0 Å². The van der Waals surface area contributed by atoms with Crippen molar-refractivity contribution < 1.29 is 24.6 Å². The van der Waals surface area contributed by atoms with Crippen LogP contribution in [0.4, 0.5) is 0 Å². The fourth-order valence-electron chi connectivity index (χ4n) is 1.62. The molecule has 0 aliphatic heterocycles. The summed E-state index contributed by atoms with van der Waals surface area (Å²) in [6.45, 7) is 1.39. The van der Waals surface area contributed by atoms with Gasteiger partial charge in [0.1, 0.15) is 17.4 Å². The maximum Gasteiger partial charge on any atom is 0.339 e. The van der Waals surface area contributed by atoms with Crippen molar-refractivity contribution in [3.63, 3.8) is 0 Å². The molecule has 2 amide bonds. The Kier molecular flexibility index (Phi) is 6.04. The quantitative estimate of drug-likeness (QED) is 0.479. The third kappa shape index (κ3) is 4.99. The summed E-state index contributed by atoms with van der Waals surface area (Å²) in [5.41, 5.74) is 0.322. The van der Waals surface area contributed by atoms with E-state index in [0.29, 0.717) is 5.56 Å². The Balaban J connectivity index is 2.66. The zero-order valence-electron chi connectivity index (χ0n) is 11.3. The smallest absolute Gasteiger partial charge is 0.339 e. The minimum atomic E-state index is -1.23. The first-order chi connectivity index (χ1) is 9.85. The molecule has 1 unspecified atom stereocenters. The molecule has 7 nitrogen and oxygen atoms in total. The highest BCUT2D eigenvalue weighted by Gasteiger charge is 2.17. The lowest BCUT2D eigenvalue weighted by atomic mass is 10.1. The highest BCUT2D eigenvalue weighted by molar-refractivity contribution is 7.80. The standard InChI is InChI=1S/C13H16N2O5S/c1-7(16)15-10(6-21)12(18)14-5-8-2-3-9(13(19)20)11(17)4-8/h2-4,10,17,21H,5-6H2,1H3,(H,14,18)(H,15,16)(H,19,20). The lowest BCUT2D eigenvalue weighted by molar-refractivity contribution is -0.127. The van der Waals surface area contributed by atoms with Gasteiger partial charge in [-0.1, -0.05) is 6.07 Å². The van der Waals surface area contributed by atoms with E-state index in [9.17, 15) is 19.5 Å². The van der Waals surface area contributed by atoms with Crippen molar-refractivity contribution in [2.75, 3.05) is 5.75 Å². The largest absolute Gasteiger partial charge is 0.507 e. The van der Waals surface area contributed by atoms with Gasteiger partial charge in [0.05, 0.1) is 0 Å². The van der Waals surface area contributed by atoms with Crippen LogP contribution in [-0.4, -0.2) is 39.8 Å². The molecule has 0 aliphatic rings. The number of amides is 2. The Hall–Kier alpha value is -2.22. The summed E-state index contributed by atoms with van der Waals surface area (Å²) in [6.07, 6.45) is 0. The van der Waals surface area contributed by atoms with Crippen LogP contribution in [0.3, 0.4) is 0 Å². The summed E-state index contributed by atoms with van der Waals surface area (Å²) in [4.78, 5) is 33.5. The molecule has 0 spiro atoms. The predicted molar refractivity (Wildman–Crippen MR) is 78.4 cm³/mol.